The molecule has 3 nitrogen and oxygen atoms in total. The maximum Gasteiger partial charge on any atom is 0.129 e. The third kappa shape index (κ3) is 2.31. The van der Waals surface area contributed by atoms with Crippen molar-refractivity contribution in [1.82, 2.24) is 4.57 Å². The Balaban J connectivity index is 1.76. The minimum absolute atomic E-state index is 0.00156. The number of hydrogen-bond donors (Lipinski definition) is 1. The first-order chi connectivity index (χ1) is 11.2. The van der Waals surface area contributed by atoms with Crippen molar-refractivity contribution in [1.29, 1.82) is 0 Å². The van der Waals surface area contributed by atoms with E-state index in [-0.39, 0.29) is 5.75 Å². The van der Waals surface area contributed by atoms with Crippen LogP contribution in [0.3, 0.4) is 0 Å². The number of hydrogen-bond acceptors (Lipinski definition) is 2. The Morgan fingerprint density at radius 1 is 1.26 bits per heavy atom. The number of aromatic hydroxyl groups is 1. The van der Waals surface area contributed by atoms with Gasteiger partial charge in [0.1, 0.15) is 11.6 Å². The Labute approximate surface area is 133 Å². The van der Waals surface area contributed by atoms with Crippen molar-refractivity contribution < 1.29 is 9.50 Å². The zero-order chi connectivity index (χ0) is 16.0. The summed E-state index contributed by atoms with van der Waals surface area (Å²) >= 11 is 0. The highest BCUT2D eigenvalue weighted by Crippen LogP contribution is 2.33. The molecule has 1 aliphatic heterocycles. The molecule has 4 heteroatoms. The quantitative estimate of drug-likeness (QED) is 0.766. The molecule has 0 bridgehead atoms. The molecule has 116 valence electrons. The third-order valence-corrected chi connectivity index (χ3v) is 4.40. The number of rotatable bonds is 3. The first-order valence-corrected chi connectivity index (χ1v) is 7.80. The van der Waals surface area contributed by atoms with E-state index >= 15 is 0 Å². The maximum absolute atomic E-state index is 13.6. The molecule has 0 radical (unpaired) electrons. The molecule has 2 aromatic carbocycles. The van der Waals surface area contributed by atoms with Crippen LogP contribution in [0.2, 0.25) is 0 Å². The molecular weight excluding hydrogens is 291 g/mol. The summed E-state index contributed by atoms with van der Waals surface area (Å²) in [7, 11) is 0. The Morgan fingerprint density at radius 2 is 2.09 bits per heavy atom. The van der Waals surface area contributed by atoms with Gasteiger partial charge < -0.3 is 9.67 Å². The van der Waals surface area contributed by atoms with Crippen LogP contribution >= 0.6 is 0 Å². The number of aryl methyl sites for hydroxylation is 1. The van der Waals surface area contributed by atoms with E-state index in [1.807, 2.05) is 35.9 Å². The first-order valence-electron chi connectivity index (χ1n) is 7.80. The molecule has 1 N–H and O–H groups in total. The average Bonchev–Trinajstić information content (AvgIpc) is 3.08. The van der Waals surface area contributed by atoms with Gasteiger partial charge in [-0.25, -0.2) is 4.39 Å². The van der Waals surface area contributed by atoms with Crippen LogP contribution in [-0.4, -0.2) is 15.4 Å². The lowest BCUT2D eigenvalue weighted by molar-refractivity contribution is 0.475. The topological polar surface area (TPSA) is 37.5 Å². The van der Waals surface area contributed by atoms with Gasteiger partial charge in [0.15, 0.2) is 0 Å². The van der Waals surface area contributed by atoms with E-state index in [1.165, 1.54) is 17.7 Å². The fourth-order valence-corrected chi connectivity index (χ4v) is 3.37. The van der Waals surface area contributed by atoms with E-state index < -0.39 is 5.82 Å². The molecule has 0 aliphatic carbocycles. The van der Waals surface area contributed by atoms with Crippen LogP contribution < -0.4 is 0 Å². The zero-order valence-corrected chi connectivity index (χ0v) is 12.9. The van der Waals surface area contributed by atoms with Crippen molar-refractivity contribution >= 4 is 22.3 Å². The third-order valence-electron chi connectivity index (χ3n) is 4.40. The Morgan fingerprint density at radius 3 is 2.87 bits per heavy atom. The fraction of sp³-hybridized carbons (Fsp3) is 0.211. The molecule has 0 saturated carbocycles. The molecule has 0 saturated heterocycles. The summed E-state index contributed by atoms with van der Waals surface area (Å²) in [4.78, 5) is 4.69. The second-order valence-corrected chi connectivity index (χ2v) is 5.92. The number of halogens is 1. The van der Waals surface area contributed by atoms with Crippen molar-refractivity contribution in [2.75, 3.05) is 0 Å². The summed E-state index contributed by atoms with van der Waals surface area (Å²) in [5, 5.41) is 10.9. The predicted molar refractivity (Wildman–Crippen MR) is 90.2 cm³/mol. The van der Waals surface area contributed by atoms with Gasteiger partial charge in [0, 0.05) is 42.7 Å². The molecule has 23 heavy (non-hydrogen) atoms. The molecular formula is C19H17FN2O. The molecule has 0 spiro atoms. The zero-order valence-electron chi connectivity index (χ0n) is 12.9. The van der Waals surface area contributed by atoms with Crippen molar-refractivity contribution in [3.8, 4) is 5.75 Å². The molecule has 1 aliphatic rings. The smallest absolute Gasteiger partial charge is 0.129 e. The molecule has 0 atom stereocenters. The van der Waals surface area contributed by atoms with E-state index in [0.717, 1.165) is 40.8 Å². The lowest BCUT2D eigenvalue weighted by Gasteiger charge is -2.02. The monoisotopic (exact) mass is 308 g/mol. The molecule has 0 unspecified atom stereocenters. The summed E-state index contributed by atoms with van der Waals surface area (Å²) in [6.45, 7) is 2.74. The van der Waals surface area contributed by atoms with Crippen molar-refractivity contribution in [3.05, 3.63) is 59.5 Å². The molecule has 0 fully saturated rings. The van der Waals surface area contributed by atoms with E-state index in [4.69, 9.17) is 0 Å². The van der Waals surface area contributed by atoms with E-state index in [9.17, 15) is 9.50 Å². The van der Waals surface area contributed by atoms with Gasteiger partial charge in [-0.15, -0.1) is 0 Å². The summed E-state index contributed by atoms with van der Waals surface area (Å²) in [5.74, 6) is -0.418. The van der Waals surface area contributed by atoms with Crippen LogP contribution in [0.25, 0.3) is 10.9 Å². The lowest BCUT2D eigenvalue weighted by atomic mass is 10.0. The Kier molecular flexibility index (Phi) is 3.18. The summed E-state index contributed by atoms with van der Waals surface area (Å²) in [6, 6.07) is 10.8. The van der Waals surface area contributed by atoms with Gasteiger partial charge in [-0.05, 0) is 30.2 Å². The van der Waals surface area contributed by atoms with Crippen LogP contribution in [0.15, 0.2) is 47.6 Å². The molecule has 4 rings (SSSR count). The number of aromatic nitrogens is 1. The number of phenols is 1. The number of fused-ring (bicyclic) bond motifs is 2. The number of nitrogens with zero attached hydrogens (tertiary/aromatic N) is 2. The van der Waals surface area contributed by atoms with Gasteiger partial charge >= 0.3 is 0 Å². The normalized spacial score (nSPS) is 13.4. The average molecular weight is 308 g/mol. The second kappa shape index (κ2) is 5.23. The van der Waals surface area contributed by atoms with Crippen LogP contribution in [0.5, 0.6) is 5.75 Å². The van der Waals surface area contributed by atoms with Gasteiger partial charge in [0.05, 0.1) is 11.2 Å². The van der Waals surface area contributed by atoms with Crippen molar-refractivity contribution in [3.63, 3.8) is 0 Å². The minimum Gasteiger partial charge on any atom is -0.507 e. The van der Waals surface area contributed by atoms with Crippen molar-refractivity contribution in [2.24, 2.45) is 4.99 Å². The summed E-state index contributed by atoms with van der Waals surface area (Å²) < 4.78 is 15.6. The predicted octanol–water partition coefficient (Wildman–Crippen LogP) is 4.38. The van der Waals surface area contributed by atoms with Gasteiger partial charge in [-0.2, -0.15) is 0 Å². The maximum atomic E-state index is 13.6. The standard InChI is InChI=1S/C19H17FN2O/c1-2-22-11-13(19-17(22)9-14(20)10-18(19)23)8-15-7-12-5-3-4-6-16(12)21-15/h3-6,9-11,23H,2,7-8H2,1H3. The highest BCUT2D eigenvalue weighted by Gasteiger charge is 2.18. The first kappa shape index (κ1) is 14.0. The fourth-order valence-electron chi connectivity index (χ4n) is 3.37. The van der Waals surface area contributed by atoms with E-state index in [1.54, 1.807) is 0 Å². The van der Waals surface area contributed by atoms with Crippen LogP contribution in [0.1, 0.15) is 18.1 Å². The van der Waals surface area contributed by atoms with E-state index in [2.05, 4.69) is 11.1 Å². The second-order valence-electron chi connectivity index (χ2n) is 5.92. The van der Waals surface area contributed by atoms with Gasteiger partial charge in [0.2, 0.25) is 0 Å². The largest absolute Gasteiger partial charge is 0.507 e. The number of para-hydroxylation sites is 1. The van der Waals surface area contributed by atoms with Gasteiger partial charge in [0.25, 0.3) is 0 Å². The Hall–Kier alpha value is -2.62. The molecule has 0 amide bonds. The summed E-state index contributed by atoms with van der Waals surface area (Å²) in [5.41, 5.74) is 5.06. The van der Waals surface area contributed by atoms with Crippen LogP contribution in [-0.2, 0) is 19.4 Å². The minimum atomic E-state index is -0.417. The van der Waals surface area contributed by atoms with Crippen LogP contribution in [0.4, 0.5) is 10.1 Å². The van der Waals surface area contributed by atoms with Gasteiger partial charge in [-0.1, -0.05) is 18.2 Å². The van der Waals surface area contributed by atoms with E-state index in [0.29, 0.717) is 6.42 Å². The highest BCUT2D eigenvalue weighted by molar-refractivity contribution is 5.99. The van der Waals surface area contributed by atoms with Crippen molar-refractivity contribution in [2.45, 2.75) is 26.3 Å². The Bertz CT molecular complexity index is 940. The highest BCUT2D eigenvalue weighted by atomic mass is 19.1. The number of aliphatic imine (C=N–C) groups is 1. The molecule has 1 aromatic heterocycles. The number of benzene rings is 2. The SMILES string of the molecule is CCn1cc(CC2=Nc3ccccc3C2)c2c(O)cc(F)cc21. The molecule has 3 aromatic rings. The molecule has 2 heterocycles. The lowest BCUT2D eigenvalue weighted by Crippen LogP contribution is -2.02. The number of phenolic OH excluding ortho intramolecular Hbond substituents is 1. The van der Waals surface area contributed by atoms with Crippen LogP contribution in [0, 0.1) is 5.82 Å². The summed E-state index contributed by atoms with van der Waals surface area (Å²) in [6.07, 6.45) is 3.49. The van der Waals surface area contributed by atoms with Gasteiger partial charge in [-0.3, -0.25) is 4.99 Å².